The second kappa shape index (κ2) is 6.12. The van der Waals surface area contributed by atoms with Crippen LogP contribution < -0.4 is 10.1 Å². The van der Waals surface area contributed by atoms with Crippen molar-refractivity contribution in [1.82, 2.24) is 10.3 Å². The Morgan fingerprint density at radius 1 is 1.35 bits per heavy atom. The summed E-state index contributed by atoms with van der Waals surface area (Å²) in [6, 6.07) is 9.07. The van der Waals surface area contributed by atoms with E-state index in [1.165, 1.54) is 0 Å². The molecule has 0 aliphatic heterocycles. The summed E-state index contributed by atoms with van der Waals surface area (Å²) in [5, 5.41) is 3.74. The molecule has 1 atom stereocenters. The minimum Gasteiger partial charge on any atom is -0.497 e. The fourth-order valence-corrected chi connectivity index (χ4v) is 2.59. The quantitative estimate of drug-likeness (QED) is 0.799. The summed E-state index contributed by atoms with van der Waals surface area (Å²) < 4.78 is 10.9. The van der Waals surface area contributed by atoms with E-state index in [2.05, 4.69) is 10.3 Å². The van der Waals surface area contributed by atoms with Gasteiger partial charge in [-0.05, 0) is 43.7 Å². The molecule has 0 aliphatic rings. The molecule has 3 aromatic rings. The van der Waals surface area contributed by atoms with Crippen LogP contribution in [0.1, 0.15) is 34.6 Å². The number of rotatable bonds is 4. The van der Waals surface area contributed by atoms with Gasteiger partial charge in [0, 0.05) is 17.8 Å². The molecule has 1 N–H and O–H groups in total. The molecule has 0 fully saturated rings. The van der Waals surface area contributed by atoms with E-state index in [4.69, 9.17) is 9.15 Å². The van der Waals surface area contributed by atoms with Crippen LogP contribution in [-0.2, 0) is 0 Å². The van der Waals surface area contributed by atoms with Crippen molar-refractivity contribution >= 4 is 16.9 Å². The molecule has 0 spiro atoms. The molecule has 5 nitrogen and oxygen atoms in total. The highest BCUT2D eigenvalue weighted by atomic mass is 16.5. The Kier molecular flexibility index (Phi) is 4.02. The zero-order chi connectivity index (χ0) is 16.4. The normalized spacial score (nSPS) is 12.1. The highest BCUT2D eigenvalue weighted by Crippen LogP contribution is 2.29. The molecule has 1 unspecified atom stereocenters. The molecular formula is C18H18N2O3. The number of furan rings is 1. The second-order valence-electron chi connectivity index (χ2n) is 5.38. The van der Waals surface area contributed by atoms with Gasteiger partial charge in [-0.15, -0.1) is 0 Å². The van der Waals surface area contributed by atoms with Crippen LogP contribution in [-0.4, -0.2) is 18.0 Å². The van der Waals surface area contributed by atoms with Gasteiger partial charge in [-0.1, -0.05) is 6.07 Å². The van der Waals surface area contributed by atoms with Gasteiger partial charge < -0.3 is 14.5 Å². The van der Waals surface area contributed by atoms with Crippen LogP contribution in [0.3, 0.4) is 0 Å². The zero-order valence-electron chi connectivity index (χ0n) is 13.3. The van der Waals surface area contributed by atoms with Crippen molar-refractivity contribution in [3.8, 4) is 5.75 Å². The summed E-state index contributed by atoms with van der Waals surface area (Å²) in [5.41, 5.74) is 2.15. The Morgan fingerprint density at radius 3 is 2.87 bits per heavy atom. The summed E-state index contributed by atoms with van der Waals surface area (Å²) in [6.07, 6.45) is 3.45. The molecule has 1 amide bonds. The maximum atomic E-state index is 12.7. The third-order valence-electron chi connectivity index (χ3n) is 3.83. The number of amides is 1. The van der Waals surface area contributed by atoms with Crippen LogP contribution in [0.4, 0.5) is 0 Å². The number of carbonyl (C=O) groups is 1. The fourth-order valence-electron chi connectivity index (χ4n) is 2.59. The van der Waals surface area contributed by atoms with E-state index >= 15 is 0 Å². The molecule has 0 saturated heterocycles. The van der Waals surface area contributed by atoms with Crippen LogP contribution >= 0.6 is 0 Å². The summed E-state index contributed by atoms with van der Waals surface area (Å²) in [6.45, 7) is 3.71. The fraction of sp³-hybridized carbons (Fsp3) is 0.222. The van der Waals surface area contributed by atoms with Crippen molar-refractivity contribution in [2.75, 3.05) is 7.11 Å². The number of fused-ring (bicyclic) bond motifs is 1. The van der Waals surface area contributed by atoms with Gasteiger partial charge in [-0.25, -0.2) is 0 Å². The average Bonchev–Trinajstić information content (AvgIpc) is 2.90. The monoisotopic (exact) mass is 310 g/mol. The third-order valence-corrected chi connectivity index (χ3v) is 3.83. The number of benzene rings is 1. The maximum Gasteiger partial charge on any atom is 0.255 e. The number of carbonyl (C=O) groups excluding carboxylic acids is 1. The van der Waals surface area contributed by atoms with Gasteiger partial charge in [0.2, 0.25) is 0 Å². The molecule has 0 saturated carbocycles. The predicted molar refractivity (Wildman–Crippen MR) is 87.6 cm³/mol. The van der Waals surface area contributed by atoms with Crippen LogP contribution in [0.15, 0.2) is 47.1 Å². The zero-order valence-corrected chi connectivity index (χ0v) is 13.3. The SMILES string of the molecule is COc1ccc2oc(C)c(C(=O)NC(C)c3cccnc3)c2c1. The van der Waals surface area contributed by atoms with Crippen molar-refractivity contribution in [3.63, 3.8) is 0 Å². The van der Waals surface area contributed by atoms with Gasteiger partial charge >= 0.3 is 0 Å². The van der Waals surface area contributed by atoms with Gasteiger partial charge in [-0.2, -0.15) is 0 Å². The number of aromatic nitrogens is 1. The number of nitrogens with zero attached hydrogens (tertiary/aromatic N) is 1. The lowest BCUT2D eigenvalue weighted by Gasteiger charge is -2.13. The van der Waals surface area contributed by atoms with Crippen LogP contribution in [0.25, 0.3) is 11.0 Å². The highest BCUT2D eigenvalue weighted by Gasteiger charge is 2.20. The summed E-state index contributed by atoms with van der Waals surface area (Å²) in [4.78, 5) is 16.8. The minimum atomic E-state index is -0.175. The van der Waals surface area contributed by atoms with Gasteiger partial charge in [0.1, 0.15) is 17.1 Å². The Hall–Kier alpha value is -2.82. The molecule has 23 heavy (non-hydrogen) atoms. The molecule has 5 heteroatoms. The Balaban J connectivity index is 1.93. The van der Waals surface area contributed by atoms with Gasteiger partial charge in [0.05, 0.1) is 18.7 Å². The van der Waals surface area contributed by atoms with Crippen molar-refractivity contribution in [2.24, 2.45) is 0 Å². The Morgan fingerprint density at radius 2 is 2.17 bits per heavy atom. The van der Waals surface area contributed by atoms with Crippen LogP contribution in [0.5, 0.6) is 5.75 Å². The van der Waals surface area contributed by atoms with E-state index in [1.807, 2.05) is 37.3 Å². The highest BCUT2D eigenvalue weighted by molar-refractivity contribution is 6.07. The van der Waals surface area contributed by atoms with E-state index in [0.717, 1.165) is 10.9 Å². The topological polar surface area (TPSA) is 64.4 Å². The van der Waals surface area contributed by atoms with E-state index < -0.39 is 0 Å². The first-order valence-corrected chi connectivity index (χ1v) is 7.38. The van der Waals surface area contributed by atoms with Crippen LogP contribution in [0, 0.1) is 6.92 Å². The van der Waals surface area contributed by atoms with E-state index in [0.29, 0.717) is 22.7 Å². The number of nitrogens with one attached hydrogen (secondary N) is 1. The van der Waals surface area contributed by atoms with Gasteiger partial charge in [0.25, 0.3) is 5.91 Å². The van der Waals surface area contributed by atoms with Crippen molar-refractivity contribution in [3.05, 3.63) is 59.6 Å². The second-order valence-corrected chi connectivity index (χ2v) is 5.38. The number of aryl methyl sites for hydroxylation is 1. The number of pyridine rings is 1. The molecule has 1 aromatic carbocycles. The first-order chi connectivity index (χ1) is 11.1. The lowest BCUT2D eigenvalue weighted by atomic mass is 10.1. The molecule has 118 valence electrons. The van der Waals surface area contributed by atoms with E-state index in [1.54, 1.807) is 26.4 Å². The number of hydrogen-bond donors (Lipinski definition) is 1. The van der Waals surface area contributed by atoms with Crippen molar-refractivity contribution in [1.29, 1.82) is 0 Å². The standard InChI is InChI=1S/C18H18N2O3/c1-11(13-5-4-8-19-10-13)20-18(21)17-12(2)23-16-7-6-14(22-3)9-15(16)17/h4-11H,1-3H3,(H,20,21). The van der Waals surface area contributed by atoms with Crippen molar-refractivity contribution in [2.45, 2.75) is 19.9 Å². The minimum absolute atomic E-state index is 0.147. The average molecular weight is 310 g/mol. The molecule has 0 aliphatic carbocycles. The number of hydrogen-bond acceptors (Lipinski definition) is 4. The smallest absolute Gasteiger partial charge is 0.255 e. The molecule has 0 radical (unpaired) electrons. The van der Waals surface area contributed by atoms with Crippen molar-refractivity contribution < 1.29 is 13.9 Å². The lowest BCUT2D eigenvalue weighted by molar-refractivity contribution is 0.0940. The third kappa shape index (κ3) is 2.90. The number of methoxy groups -OCH3 is 1. The number of ether oxygens (including phenoxy) is 1. The Labute approximate surface area is 134 Å². The summed E-state index contributed by atoms with van der Waals surface area (Å²) in [5.74, 6) is 1.10. The van der Waals surface area contributed by atoms with Gasteiger partial charge in [0.15, 0.2) is 0 Å². The summed E-state index contributed by atoms with van der Waals surface area (Å²) >= 11 is 0. The first-order valence-electron chi connectivity index (χ1n) is 7.38. The lowest BCUT2D eigenvalue weighted by Crippen LogP contribution is -2.27. The van der Waals surface area contributed by atoms with E-state index in [-0.39, 0.29) is 11.9 Å². The molecule has 3 rings (SSSR count). The van der Waals surface area contributed by atoms with E-state index in [9.17, 15) is 4.79 Å². The summed E-state index contributed by atoms with van der Waals surface area (Å²) in [7, 11) is 1.60. The predicted octanol–water partition coefficient (Wildman–Crippen LogP) is 3.64. The van der Waals surface area contributed by atoms with Gasteiger partial charge in [-0.3, -0.25) is 9.78 Å². The molecule has 0 bridgehead atoms. The molecular weight excluding hydrogens is 292 g/mol. The Bertz CT molecular complexity index is 840. The molecule has 2 aromatic heterocycles. The molecule has 2 heterocycles. The first kappa shape index (κ1) is 15.1. The maximum absolute atomic E-state index is 12.7. The largest absolute Gasteiger partial charge is 0.497 e. The van der Waals surface area contributed by atoms with Crippen LogP contribution in [0.2, 0.25) is 0 Å².